The third kappa shape index (κ3) is 5.97. The molecule has 0 radical (unpaired) electrons. The zero-order valence-corrected chi connectivity index (χ0v) is 18.7. The van der Waals surface area contributed by atoms with E-state index in [2.05, 4.69) is 26.6 Å². The first-order valence-corrected chi connectivity index (χ1v) is 11.0. The smallest absolute Gasteiger partial charge is 0.257 e. The minimum absolute atomic E-state index is 0.0249. The summed E-state index contributed by atoms with van der Waals surface area (Å²) in [5, 5.41) is 6.21. The van der Waals surface area contributed by atoms with Crippen LogP contribution in [0.15, 0.2) is 58.6 Å². The quantitative estimate of drug-likeness (QED) is 0.522. The normalized spacial score (nSPS) is 15.0. The van der Waals surface area contributed by atoms with Crippen LogP contribution in [0, 0.1) is 5.82 Å². The number of nitrogens with one attached hydrogen (secondary N) is 2. The van der Waals surface area contributed by atoms with Gasteiger partial charge in [0.05, 0.1) is 0 Å². The first-order valence-electron chi connectivity index (χ1n) is 9.77. The fourth-order valence-corrected chi connectivity index (χ4v) is 4.35. The van der Waals surface area contributed by atoms with Crippen LogP contribution in [0.4, 0.5) is 4.39 Å². The van der Waals surface area contributed by atoms with Crippen LogP contribution in [-0.2, 0) is 0 Å². The minimum Gasteiger partial charge on any atom is -0.360 e. The molecule has 0 saturated heterocycles. The highest BCUT2D eigenvalue weighted by Gasteiger charge is 2.20. The Kier molecular flexibility index (Phi) is 7.56. The van der Waals surface area contributed by atoms with E-state index >= 15 is 0 Å². The Balaban J connectivity index is 1.67. The van der Waals surface area contributed by atoms with E-state index in [9.17, 15) is 9.18 Å². The van der Waals surface area contributed by atoms with E-state index in [0.717, 1.165) is 42.1 Å². The lowest BCUT2D eigenvalue weighted by Gasteiger charge is -2.25. The summed E-state index contributed by atoms with van der Waals surface area (Å²) in [6.07, 6.45) is 4.76. The summed E-state index contributed by atoms with van der Waals surface area (Å²) in [7, 11) is 0. The van der Waals surface area contributed by atoms with Crippen LogP contribution >= 0.6 is 28.1 Å². The molecule has 6 heteroatoms. The monoisotopic (exact) mass is 474 g/mol. The summed E-state index contributed by atoms with van der Waals surface area (Å²) < 4.78 is 15.3. The highest BCUT2D eigenvalue weighted by Crippen LogP contribution is 2.36. The van der Waals surface area contributed by atoms with Crippen molar-refractivity contribution in [1.82, 2.24) is 10.6 Å². The number of thiocarbonyl (C=S) groups is 1. The molecule has 1 atom stereocenters. The van der Waals surface area contributed by atoms with Crippen LogP contribution in [0.25, 0.3) is 5.57 Å². The van der Waals surface area contributed by atoms with Gasteiger partial charge in [-0.15, -0.1) is 0 Å². The Morgan fingerprint density at radius 2 is 1.90 bits per heavy atom. The number of allylic oxidation sites excluding steroid dienone is 1. The van der Waals surface area contributed by atoms with Gasteiger partial charge in [-0.2, -0.15) is 0 Å². The van der Waals surface area contributed by atoms with E-state index < -0.39 is 0 Å². The minimum atomic E-state index is -0.232. The van der Waals surface area contributed by atoms with E-state index in [4.69, 9.17) is 12.2 Å². The van der Waals surface area contributed by atoms with Gasteiger partial charge in [0.15, 0.2) is 5.11 Å². The van der Waals surface area contributed by atoms with Gasteiger partial charge >= 0.3 is 0 Å². The lowest BCUT2D eigenvalue weighted by atomic mass is 9.84. The molecule has 152 valence electrons. The molecule has 0 aliphatic heterocycles. The molecule has 0 aromatic heterocycles. The van der Waals surface area contributed by atoms with E-state index in [-0.39, 0.29) is 17.8 Å². The number of amides is 1. The molecule has 0 bridgehead atoms. The van der Waals surface area contributed by atoms with Gasteiger partial charge in [-0.1, -0.05) is 39.7 Å². The van der Waals surface area contributed by atoms with Crippen molar-refractivity contribution in [2.75, 3.05) is 0 Å². The summed E-state index contributed by atoms with van der Waals surface area (Å²) in [5.74, 6) is -0.419. The lowest BCUT2D eigenvalue weighted by Crippen LogP contribution is -2.43. The van der Waals surface area contributed by atoms with Gasteiger partial charge in [0, 0.05) is 21.6 Å². The van der Waals surface area contributed by atoms with Crippen LogP contribution in [0.3, 0.4) is 0 Å². The van der Waals surface area contributed by atoms with Gasteiger partial charge in [-0.05, 0) is 87.2 Å². The summed E-state index contributed by atoms with van der Waals surface area (Å²) in [4.78, 5) is 12.2. The molecule has 2 N–H and O–H groups in total. The fourth-order valence-electron chi connectivity index (χ4n) is 3.69. The van der Waals surface area contributed by atoms with Crippen molar-refractivity contribution in [1.29, 1.82) is 0 Å². The van der Waals surface area contributed by atoms with Crippen molar-refractivity contribution in [2.24, 2.45) is 0 Å². The maximum Gasteiger partial charge on any atom is 0.257 e. The Labute approximate surface area is 184 Å². The number of halogens is 2. The maximum atomic E-state index is 14.4. The number of carbonyl (C=O) groups excluding carboxylic acids is 1. The van der Waals surface area contributed by atoms with Crippen molar-refractivity contribution in [3.63, 3.8) is 0 Å². The molecular formula is C23H24BrFN2OS. The van der Waals surface area contributed by atoms with Gasteiger partial charge in [-0.3, -0.25) is 10.1 Å². The van der Waals surface area contributed by atoms with Crippen molar-refractivity contribution in [3.05, 3.63) is 75.5 Å². The van der Waals surface area contributed by atoms with Crippen molar-refractivity contribution < 1.29 is 9.18 Å². The average molecular weight is 475 g/mol. The largest absolute Gasteiger partial charge is 0.360 e. The predicted molar refractivity (Wildman–Crippen MR) is 123 cm³/mol. The Morgan fingerprint density at radius 1 is 1.17 bits per heavy atom. The average Bonchev–Trinajstić information content (AvgIpc) is 2.70. The second-order valence-electron chi connectivity index (χ2n) is 7.31. The molecule has 0 spiro atoms. The predicted octanol–water partition coefficient (Wildman–Crippen LogP) is 6.00. The Bertz CT molecular complexity index is 930. The lowest BCUT2D eigenvalue weighted by molar-refractivity contribution is 0.0976. The van der Waals surface area contributed by atoms with Crippen molar-refractivity contribution >= 4 is 44.7 Å². The van der Waals surface area contributed by atoms with E-state index in [1.54, 1.807) is 18.2 Å². The summed E-state index contributed by atoms with van der Waals surface area (Å²) in [5.41, 5.74) is 3.60. The van der Waals surface area contributed by atoms with Crippen LogP contribution in [0.2, 0.25) is 0 Å². The Hall–Kier alpha value is -2.05. The van der Waals surface area contributed by atoms with Gasteiger partial charge in [-0.25, -0.2) is 4.39 Å². The van der Waals surface area contributed by atoms with E-state index in [0.29, 0.717) is 16.2 Å². The SMILES string of the molecule is CC(CC1=C(c2cc(Br)ccc2F)CCCC1)NC(=S)NC(=O)c1ccccc1. The first-order chi connectivity index (χ1) is 13.9. The number of rotatable bonds is 5. The Morgan fingerprint density at radius 3 is 2.66 bits per heavy atom. The molecular weight excluding hydrogens is 451 g/mol. The molecule has 1 aliphatic carbocycles. The van der Waals surface area contributed by atoms with Crippen LogP contribution < -0.4 is 10.6 Å². The van der Waals surface area contributed by atoms with E-state index in [1.807, 2.05) is 31.2 Å². The van der Waals surface area contributed by atoms with Crippen molar-refractivity contribution in [3.8, 4) is 0 Å². The third-order valence-electron chi connectivity index (χ3n) is 5.03. The van der Waals surface area contributed by atoms with Gasteiger partial charge in [0.1, 0.15) is 5.82 Å². The van der Waals surface area contributed by atoms with Crippen LogP contribution in [0.5, 0.6) is 0 Å². The first kappa shape index (κ1) is 21.7. The van der Waals surface area contributed by atoms with Gasteiger partial charge in [0.2, 0.25) is 0 Å². The number of benzene rings is 2. The second-order valence-corrected chi connectivity index (χ2v) is 8.64. The fraction of sp³-hybridized carbons (Fsp3) is 0.304. The third-order valence-corrected chi connectivity index (χ3v) is 5.74. The molecule has 3 nitrogen and oxygen atoms in total. The van der Waals surface area contributed by atoms with Crippen molar-refractivity contribution in [2.45, 2.75) is 45.1 Å². The highest BCUT2D eigenvalue weighted by molar-refractivity contribution is 9.10. The van der Waals surface area contributed by atoms with E-state index in [1.165, 1.54) is 11.6 Å². The highest BCUT2D eigenvalue weighted by atomic mass is 79.9. The molecule has 2 aromatic carbocycles. The molecule has 1 aliphatic rings. The molecule has 1 amide bonds. The molecule has 1 unspecified atom stereocenters. The van der Waals surface area contributed by atoms with Gasteiger partial charge < -0.3 is 5.32 Å². The summed E-state index contributed by atoms with van der Waals surface area (Å²) >= 11 is 8.76. The second kappa shape index (κ2) is 10.1. The molecule has 29 heavy (non-hydrogen) atoms. The maximum absolute atomic E-state index is 14.4. The standard InChI is InChI=1S/C23H24BrFN2OS/c1-15(26-23(29)27-22(28)16-7-3-2-4-8-16)13-17-9-5-6-10-19(17)20-14-18(24)11-12-21(20)25/h2-4,7-8,11-12,14-15H,5-6,9-10,13H2,1H3,(H2,26,27,28,29). The molecule has 0 saturated carbocycles. The molecule has 3 rings (SSSR count). The molecule has 0 fully saturated rings. The topological polar surface area (TPSA) is 41.1 Å². The number of hydrogen-bond acceptors (Lipinski definition) is 2. The summed E-state index contributed by atoms with van der Waals surface area (Å²) in [6, 6.07) is 14.1. The van der Waals surface area contributed by atoms with Gasteiger partial charge in [0.25, 0.3) is 5.91 Å². The number of carbonyl (C=O) groups is 1. The number of hydrogen-bond donors (Lipinski definition) is 2. The van der Waals surface area contributed by atoms with Crippen LogP contribution in [-0.4, -0.2) is 17.1 Å². The zero-order chi connectivity index (χ0) is 20.8. The van der Waals surface area contributed by atoms with Crippen LogP contribution in [0.1, 0.15) is 54.9 Å². The molecule has 0 heterocycles. The summed E-state index contributed by atoms with van der Waals surface area (Å²) in [6.45, 7) is 2.03. The zero-order valence-electron chi connectivity index (χ0n) is 16.3. The molecule has 2 aromatic rings.